The standard InChI is InChI=1S/C26H21ClN8S/c1-16-15-22(24-18(27)13-14-36-24)32-26(29-16)31-21-10-6-5-9-20(21)30-25(28)33-23-12-11-19(34-35-23)17-7-3-2-4-8-17/h2-15H,1H3,(H,29,31,32)(H3,28,30,33,35). The lowest BCUT2D eigenvalue weighted by atomic mass is 10.1. The summed E-state index contributed by atoms with van der Waals surface area (Å²) in [6, 6.07) is 24.8. The van der Waals surface area contributed by atoms with Gasteiger partial charge in [-0.25, -0.2) is 9.97 Å². The molecule has 4 N–H and O–H groups in total. The Kier molecular flexibility index (Phi) is 6.83. The maximum Gasteiger partial charge on any atom is 0.228 e. The zero-order valence-corrected chi connectivity index (χ0v) is 20.8. The van der Waals surface area contributed by atoms with Crippen molar-refractivity contribution in [3.63, 3.8) is 0 Å². The Hall–Kier alpha value is -4.34. The maximum atomic E-state index is 6.31. The van der Waals surface area contributed by atoms with Crippen molar-refractivity contribution < 1.29 is 0 Å². The number of guanidine groups is 1. The predicted molar refractivity (Wildman–Crippen MR) is 147 cm³/mol. The number of hydrogen-bond donors (Lipinski definition) is 3. The average Bonchev–Trinajstić information content (AvgIpc) is 3.32. The SMILES string of the molecule is Cc1cc(-c2sccc2Cl)nc(Nc2ccccc2NC(N)=Nc2ccc(-c3ccccc3)nn2)n1. The second-order valence-corrected chi connectivity index (χ2v) is 9.07. The van der Waals surface area contributed by atoms with Gasteiger partial charge in [-0.15, -0.1) is 21.5 Å². The van der Waals surface area contributed by atoms with Crippen LogP contribution in [0.1, 0.15) is 5.69 Å². The highest BCUT2D eigenvalue weighted by molar-refractivity contribution is 7.14. The van der Waals surface area contributed by atoms with Crippen LogP contribution in [0.15, 0.2) is 89.2 Å². The molecule has 0 aliphatic heterocycles. The number of benzene rings is 2. The number of nitrogens with one attached hydrogen (secondary N) is 2. The minimum Gasteiger partial charge on any atom is -0.369 e. The monoisotopic (exact) mass is 512 g/mol. The van der Waals surface area contributed by atoms with Gasteiger partial charge in [-0.3, -0.25) is 0 Å². The Balaban J connectivity index is 1.34. The lowest BCUT2D eigenvalue weighted by molar-refractivity contribution is 1.03. The van der Waals surface area contributed by atoms with Gasteiger partial charge in [0.25, 0.3) is 0 Å². The van der Waals surface area contributed by atoms with E-state index in [0.29, 0.717) is 22.5 Å². The average molecular weight is 513 g/mol. The number of thiophene rings is 1. The third-order valence-electron chi connectivity index (χ3n) is 5.10. The Morgan fingerprint density at radius 1 is 0.889 bits per heavy atom. The molecule has 0 radical (unpaired) electrons. The van der Waals surface area contributed by atoms with Crippen molar-refractivity contribution in [2.45, 2.75) is 6.92 Å². The van der Waals surface area contributed by atoms with Gasteiger partial charge >= 0.3 is 0 Å². The number of nitrogens with zero attached hydrogens (tertiary/aromatic N) is 5. The van der Waals surface area contributed by atoms with E-state index in [0.717, 1.165) is 33.2 Å². The van der Waals surface area contributed by atoms with E-state index in [1.54, 1.807) is 6.07 Å². The quantitative estimate of drug-likeness (QED) is 0.177. The van der Waals surface area contributed by atoms with Crippen molar-refractivity contribution in [3.05, 3.63) is 95.0 Å². The predicted octanol–water partition coefficient (Wildman–Crippen LogP) is 6.43. The van der Waals surface area contributed by atoms with Crippen molar-refractivity contribution in [1.29, 1.82) is 0 Å². The molecule has 0 aliphatic rings. The molecule has 10 heteroatoms. The largest absolute Gasteiger partial charge is 0.369 e. The van der Waals surface area contributed by atoms with E-state index in [4.69, 9.17) is 17.3 Å². The summed E-state index contributed by atoms with van der Waals surface area (Å²) in [7, 11) is 0. The number of hydrogen-bond acceptors (Lipinski definition) is 7. The molecule has 3 heterocycles. The zero-order valence-electron chi connectivity index (χ0n) is 19.2. The Bertz CT molecular complexity index is 1520. The summed E-state index contributed by atoms with van der Waals surface area (Å²) in [4.78, 5) is 14.4. The van der Waals surface area contributed by atoms with Gasteiger partial charge in [0.15, 0.2) is 11.8 Å². The van der Waals surface area contributed by atoms with Gasteiger partial charge in [-0.1, -0.05) is 54.1 Å². The number of aryl methyl sites for hydroxylation is 1. The number of nitrogens with two attached hydrogens (primary N) is 1. The molecule has 36 heavy (non-hydrogen) atoms. The van der Waals surface area contributed by atoms with Crippen molar-refractivity contribution >= 4 is 52.0 Å². The van der Waals surface area contributed by atoms with Crippen LogP contribution in [-0.4, -0.2) is 26.1 Å². The van der Waals surface area contributed by atoms with E-state index >= 15 is 0 Å². The van der Waals surface area contributed by atoms with Gasteiger partial charge < -0.3 is 16.4 Å². The van der Waals surface area contributed by atoms with Crippen molar-refractivity contribution in [2.24, 2.45) is 10.7 Å². The van der Waals surface area contributed by atoms with Crippen LogP contribution in [0, 0.1) is 6.92 Å². The van der Waals surface area contributed by atoms with Crippen LogP contribution in [-0.2, 0) is 0 Å². The van der Waals surface area contributed by atoms with Crippen molar-refractivity contribution in [1.82, 2.24) is 20.2 Å². The number of para-hydroxylation sites is 2. The van der Waals surface area contributed by atoms with Gasteiger partial charge in [-0.05, 0) is 48.7 Å². The summed E-state index contributed by atoms with van der Waals surface area (Å²) in [5.74, 6) is 1.01. The Morgan fingerprint density at radius 3 is 2.39 bits per heavy atom. The van der Waals surface area contributed by atoms with E-state index in [-0.39, 0.29) is 5.96 Å². The number of aliphatic imine (C=N–C) groups is 1. The van der Waals surface area contributed by atoms with Crippen molar-refractivity contribution in [2.75, 3.05) is 10.6 Å². The zero-order chi connectivity index (χ0) is 24.9. The molecular formula is C26H21ClN8S. The molecule has 5 aromatic rings. The number of aromatic nitrogens is 4. The molecule has 8 nitrogen and oxygen atoms in total. The van der Waals surface area contributed by atoms with Crippen LogP contribution in [0.2, 0.25) is 5.02 Å². The van der Waals surface area contributed by atoms with E-state index < -0.39 is 0 Å². The van der Waals surface area contributed by atoms with Gasteiger partial charge in [-0.2, -0.15) is 4.99 Å². The first-order valence-electron chi connectivity index (χ1n) is 11.0. The molecule has 5 rings (SSSR count). The smallest absolute Gasteiger partial charge is 0.228 e. The minimum absolute atomic E-state index is 0.169. The van der Waals surface area contributed by atoms with Crippen LogP contribution >= 0.6 is 22.9 Å². The maximum absolute atomic E-state index is 6.31. The highest BCUT2D eigenvalue weighted by Gasteiger charge is 2.11. The summed E-state index contributed by atoms with van der Waals surface area (Å²) >= 11 is 7.84. The molecule has 3 aromatic heterocycles. The second-order valence-electron chi connectivity index (χ2n) is 7.75. The topological polar surface area (TPSA) is 114 Å². The van der Waals surface area contributed by atoms with E-state index in [2.05, 4.69) is 35.8 Å². The summed E-state index contributed by atoms with van der Waals surface area (Å²) in [6.45, 7) is 1.91. The molecule has 2 aromatic carbocycles. The third-order valence-corrected chi connectivity index (χ3v) is 6.46. The molecule has 0 aliphatic carbocycles. The molecule has 0 saturated carbocycles. The third kappa shape index (κ3) is 5.48. The fourth-order valence-electron chi connectivity index (χ4n) is 3.48. The van der Waals surface area contributed by atoms with Crippen molar-refractivity contribution in [3.8, 4) is 21.8 Å². The van der Waals surface area contributed by atoms with Gasteiger partial charge in [0.05, 0.1) is 32.7 Å². The van der Waals surface area contributed by atoms with Crippen LogP contribution in [0.25, 0.3) is 21.8 Å². The lowest BCUT2D eigenvalue weighted by Gasteiger charge is -2.13. The Morgan fingerprint density at radius 2 is 1.67 bits per heavy atom. The second kappa shape index (κ2) is 10.5. The van der Waals surface area contributed by atoms with Gasteiger partial charge in [0.2, 0.25) is 5.95 Å². The van der Waals surface area contributed by atoms with Crippen LogP contribution in [0.3, 0.4) is 0 Å². The van der Waals surface area contributed by atoms with E-state index in [9.17, 15) is 0 Å². The molecular weight excluding hydrogens is 492 g/mol. The summed E-state index contributed by atoms with van der Waals surface area (Å²) < 4.78 is 0. The van der Waals surface area contributed by atoms with Crippen LogP contribution in [0.4, 0.5) is 23.1 Å². The normalized spacial score (nSPS) is 11.3. The molecule has 0 unspecified atom stereocenters. The van der Waals surface area contributed by atoms with E-state index in [1.807, 2.05) is 85.1 Å². The minimum atomic E-state index is 0.169. The van der Waals surface area contributed by atoms with Gasteiger partial charge in [0, 0.05) is 11.3 Å². The molecule has 0 fully saturated rings. The van der Waals surface area contributed by atoms with E-state index in [1.165, 1.54) is 11.3 Å². The number of halogens is 1. The number of anilines is 3. The summed E-state index contributed by atoms with van der Waals surface area (Å²) in [5, 5.41) is 17.4. The molecule has 0 saturated heterocycles. The van der Waals surface area contributed by atoms with Gasteiger partial charge in [0.1, 0.15) is 0 Å². The molecule has 178 valence electrons. The highest BCUT2D eigenvalue weighted by atomic mass is 35.5. The fourth-order valence-corrected chi connectivity index (χ4v) is 4.59. The number of rotatable bonds is 6. The fraction of sp³-hybridized carbons (Fsp3) is 0.0385. The van der Waals surface area contributed by atoms with Crippen LogP contribution < -0.4 is 16.4 Å². The van der Waals surface area contributed by atoms with Crippen LogP contribution in [0.5, 0.6) is 0 Å². The first kappa shape index (κ1) is 23.4. The summed E-state index contributed by atoms with van der Waals surface area (Å²) in [6.07, 6.45) is 0. The lowest BCUT2D eigenvalue weighted by Crippen LogP contribution is -2.22. The summed E-state index contributed by atoms with van der Waals surface area (Å²) in [5.41, 5.74) is 10.9. The first-order valence-corrected chi connectivity index (χ1v) is 12.3. The Labute approximate surface area is 217 Å². The first-order chi connectivity index (χ1) is 17.5. The highest BCUT2D eigenvalue weighted by Crippen LogP contribution is 2.33. The molecule has 0 bridgehead atoms. The molecule has 0 spiro atoms. The molecule has 0 amide bonds. The molecule has 0 atom stereocenters.